The summed E-state index contributed by atoms with van der Waals surface area (Å²) in [6.45, 7) is 3.44. The first-order chi connectivity index (χ1) is 14.8. The molecule has 1 heterocycles. The molecule has 0 amide bonds. The number of benzene rings is 4. The maximum atomic E-state index is 6.09. The second-order valence-corrected chi connectivity index (χ2v) is 7.60. The summed E-state index contributed by atoms with van der Waals surface area (Å²) < 4.78 is 8.39. The predicted octanol–water partition coefficient (Wildman–Crippen LogP) is 6.17. The van der Waals surface area contributed by atoms with Crippen molar-refractivity contribution in [2.75, 3.05) is 6.61 Å². The monoisotopic (exact) mass is 392 g/mol. The molecule has 5 aromatic rings. The maximum absolute atomic E-state index is 6.09. The number of aromatic nitrogens is 2. The molecule has 5 rings (SSSR count). The van der Waals surface area contributed by atoms with E-state index in [4.69, 9.17) is 9.72 Å². The average Bonchev–Trinajstić information content (AvgIpc) is 3.12. The summed E-state index contributed by atoms with van der Waals surface area (Å²) in [5.74, 6) is 2.01. The molecule has 3 heteroatoms. The van der Waals surface area contributed by atoms with Gasteiger partial charge in [0.1, 0.15) is 18.2 Å². The van der Waals surface area contributed by atoms with Gasteiger partial charge in [0.15, 0.2) is 0 Å². The fourth-order valence-electron chi connectivity index (χ4n) is 4.09. The lowest BCUT2D eigenvalue weighted by molar-refractivity contribution is 0.296. The van der Waals surface area contributed by atoms with Crippen molar-refractivity contribution in [2.24, 2.45) is 0 Å². The van der Waals surface area contributed by atoms with Gasteiger partial charge in [-0.05, 0) is 47.0 Å². The number of fused-ring (bicyclic) bond motifs is 2. The molecule has 0 N–H and O–H groups in total. The van der Waals surface area contributed by atoms with Crippen molar-refractivity contribution in [1.29, 1.82) is 0 Å². The van der Waals surface area contributed by atoms with Crippen LogP contribution in [0.15, 0.2) is 91.0 Å². The smallest absolute Gasteiger partial charge is 0.122 e. The predicted molar refractivity (Wildman–Crippen MR) is 123 cm³/mol. The highest BCUT2D eigenvalue weighted by Gasteiger charge is 2.13. The van der Waals surface area contributed by atoms with Crippen molar-refractivity contribution in [3.63, 3.8) is 0 Å². The minimum Gasteiger partial charge on any atom is -0.491 e. The Kier molecular flexibility index (Phi) is 4.94. The fourth-order valence-corrected chi connectivity index (χ4v) is 4.09. The van der Waals surface area contributed by atoms with Crippen LogP contribution in [0, 0.1) is 6.92 Å². The molecule has 1 aromatic heterocycles. The molecule has 0 fully saturated rings. The van der Waals surface area contributed by atoms with Crippen LogP contribution in [-0.4, -0.2) is 16.2 Å². The zero-order valence-corrected chi connectivity index (χ0v) is 17.1. The van der Waals surface area contributed by atoms with E-state index < -0.39 is 0 Å². The third-order valence-corrected chi connectivity index (χ3v) is 5.63. The molecule has 0 saturated carbocycles. The number of hydrogen-bond acceptors (Lipinski definition) is 2. The first-order valence-electron chi connectivity index (χ1n) is 10.4. The highest BCUT2D eigenvalue weighted by Crippen LogP contribution is 2.24. The van der Waals surface area contributed by atoms with Gasteiger partial charge in [0.05, 0.1) is 17.6 Å². The molecule has 0 atom stereocenters. The number of rotatable bonds is 6. The lowest BCUT2D eigenvalue weighted by atomic mass is 10.0. The third kappa shape index (κ3) is 3.55. The van der Waals surface area contributed by atoms with Crippen LogP contribution < -0.4 is 4.74 Å². The van der Waals surface area contributed by atoms with Crippen LogP contribution in [0.1, 0.15) is 17.0 Å². The summed E-state index contributed by atoms with van der Waals surface area (Å²) in [6.07, 6.45) is 0.792. The fraction of sp³-hybridized carbons (Fsp3) is 0.148. The Morgan fingerprint density at radius 1 is 0.800 bits per heavy atom. The normalized spacial score (nSPS) is 11.2. The number of aryl methyl sites for hydroxylation is 1. The van der Waals surface area contributed by atoms with Crippen molar-refractivity contribution in [2.45, 2.75) is 19.9 Å². The van der Waals surface area contributed by atoms with E-state index in [2.05, 4.69) is 78.2 Å². The molecule has 0 aliphatic rings. The van der Waals surface area contributed by atoms with E-state index in [0.29, 0.717) is 6.61 Å². The second kappa shape index (κ2) is 8.03. The molecular weight excluding hydrogens is 368 g/mol. The summed E-state index contributed by atoms with van der Waals surface area (Å²) >= 11 is 0. The lowest BCUT2D eigenvalue weighted by Gasteiger charge is -2.13. The third-order valence-electron chi connectivity index (χ3n) is 5.63. The van der Waals surface area contributed by atoms with Crippen molar-refractivity contribution in [1.82, 2.24) is 9.55 Å². The Labute approximate surface area is 176 Å². The van der Waals surface area contributed by atoms with Gasteiger partial charge in [-0.1, -0.05) is 72.8 Å². The summed E-state index contributed by atoms with van der Waals surface area (Å²) in [5, 5.41) is 2.55. The minimum absolute atomic E-state index is 0.605. The molecule has 4 aromatic carbocycles. The van der Waals surface area contributed by atoms with E-state index in [0.717, 1.165) is 41.1 Å². The van der Waals surface area contributed by atoms with Crippen LogP contribution in [0.3, 0.4) is 0 Å². The van der Waals surface area contributed by atoms with E-state index in [-0.39, 0.29) is 0 Å². The Morgan fingerprint density at radius 2 is 1.57 bits per heavy atom. The quantitative estimate of drug-likeness (QED) is 0.346. The van der Waals surface area contributed by atoms with Crippen LogP contribution >= 0.6 is 0 Å². The first-order valence-corrected chi connectivity index (χ1v) is 10.4. The zero-order valence-electron chi connectivity index (χ0n) is 17.1. The Bertz CT molecular complexity index is 1310. The molecule has 0 aliphatic heterocycles. The Morgan fingerprint density at radius 3 is 2.50 bits per heavy atom. The lowest BCUT2D eigenvalue weighted by Crippen LogP contribution is -2.12. The van der Waals surface area contributed by atoms with Crippen LogP contribution in [0.5, 0.6) is 5.75 Å². The Hall–Kier alpha value is -3.59. The van der Waals surface area contributed by atoms with Gasteiger partial charge >= 0.3 is 0 Å². The van der Waals surface area contributed by atoms with Gasteiger partial charge in [-0.3, -0.25) is 0 Å². The summed E-state index contributed by atoms with van der Waals surface area (Å²) in [4.78, 5) is 4.97. The van der Waals surface area contributed by atoms with E-state index in [1.165, 1.54) is 16.3 Å². The molecule has 0 bridgehead atoms. The average molecular weight is 393 g/mol. The van der Waals surface area contributed by atoms with Gasteiger partial charge < -0.3 is 9.30 Å². The molecule has 0 aliphatic carbocycles. The number of hydrogen-bond donors (Lipinski definition) is 0. The van der Waals surface area contributed by atoms with Crippen LogP contribution in [0.25, 0.3) is 21.8 Å². The number of para-hydroxylation sites is 3. The topological polar surface area (TPSA) is 27.1 Å². The van der Waals surface area contributed by atoms with Crippen molar-refractivity contribution in [3.05, 3.63) is 108 Å². The van der Waals surface area contributed by atoms with E-state index in [9.17, 15) is 0 Å². The largest absolute Gasteiger partial charge is 0.491 e. The van der Waals surface area contributed by atoms with Crippen LogP contribution in [0.2, 0.25) is 0 Å². The maximum Gasteiger partial charge on any atom is 0.122 e. The highest BCUT2D eigenvalue weighted by molar-refractivity contribution is 5.86. The molecule has 0 radical (unpaired) electrons. The van der Waals surface area contributed by atoms with Gasteiger partial charge in [-0.25, -0.2) is 4.98 Å². The molecular formula is C27H24N2O. The SMILES string of the molecule is Cc1ccccc1OCCn1c(Cc2cccc3ccccc23)nc2ccccc21. The molecule has 148 valence electrons. The van der Waals surface area contributed by atoms with E-state index >= 15 is 0 Å². The van der Waals surface area contributed by atoms with Gasteiger partial charge in [0.25, 0.3) is 0 Å². The zero-order chi connectivity index (χ0) is 20.3. The van der Waals surface area contributed by atoms with Gasteiger partial charge in [-0.15, -0.1) is 0 Å². The van der Waals surface area contributed by atoms with E-state index in [1.54, 1.807) is 0 Å². The van der Waals surface area contributed by atoms with Crippen LogP contribution in [0.4, 0.5) is 0 Å². The van der Waals surface area contributed by atoms with Crippen molar-refractivity contribution in [3.8, 4) is 5.75 Å². The number of nitrogens with zero attached hydrogens (tertiary/aromatic N) is 2. The summed E-state index contributed by atoms with van der Waals surface area (Å²) in [7, 11) is 0. The van der Waals surface area contributed by atoms with Crippen LogP contribution in [-0.2, 0) is 13.0 Å². The molecule has 0 saturated heterocycles. The molecule has 3 nitrogen and oxygen atoms in total. The summed E-state index contributed by atoms with van der Waals surface area (Å²) in [6, 6.07) is 31.5. The first kappa shape index (κ1) is 18.4. The number of imidazole rings is 1. The molecule has 30 heavy (non-hydrogen) atoms. The van der Waals surface area contributed by atoms with Crippen molar-refractivity contribution < 1.29 is 4.74 Å². The molecule has 0 unspecified atom stereocenters. The standard InChI is InChI=1S/C27H24N2O/c1-20-9-2-7-16-26(20)30-18-17-29-25-15-6-5-14-24(25)28-27(29)19-22-12-8-11-21-10-3-4-13-23(21)22/h2-16H,17-19H2,1H3. The van der Waals surface area contributed by atoms with E-state index in [1.807, 2.05) is 24.3 Å². The minimum atomic E-state index is 0.605. The van der Waals surface area contributed by atoms with Gasteiger partial charge in [-0.2, -0.15) is 0 Å². The number of ether oxygens (including phenoxy) is 1. The van der Waals surface area contributed by atoms with Gasteiger partial charge in [0, 0.05) is 6.42 Å². The summed E-state index contributed by atoms with van der Waals surface area (Å²) in [5.41, 5.74) is 4.64. The Balaban J connectivity index is 1.47. The highest BCUT2D eigenvalue weighted by atomic mass is 16.5. The van der Waals surface area contributed by atoms with Gasteiger partial charge in [0.2, 0.25) is 0 Å². The van der Waals surface area contributed by atoms with Crippen molar-refractivity contribution >= 4 is 21.8 Å². The molecule has 0 spiro atoms. The second-order valence-electron chi connectivity index (χ2n) is 7.60.